The van der Waals surface area contributed by atoms with Crippen molar-refractivity contribution in [2.24, 2.45) is 0 Å². The Bertz CT molecular complexity index is 1110. The van der Waals surface area contributed by atoms with Gasteiger partial charge >= 0.3 is 0 Å². The topological polar surface area (TPSA) is 52.0 Å². The molecule has 0 spiro atoms. The Hall–Kier alpha value is -3.67. The maximum Gasteiger partial charge on any atom is 0.222 e. The third-order valence-electron chi connectivity index (χ3n) is 5.42. The van der Waals surface area contributed by atoms with E-state index in [1.54, 1.807) is 6.33 Å². The fraction of sp³-hybridized carbons (Fsp3) is 0.167. The van der Waals surface area contributed by atoms with Crippen LogP contribution >= 0.6 is 0 Å². The number of nitrogens with zero attached hydrogens (tertiary/aromatic N) is 3. The van der Waals surface area contributed by atoms with Crippen molar-refractivity contribution in [2.75, 3.05) is 5.32 Å². The van der Waals surface area contributed by atoms with Gasteiger partial charge in [-0.2, -0.15) is 10.1 Å². The summed E-state index contributed by atoms with van der Waals surface area (Å²) < 4.78 is 21.1. The van der Waals surface area contributed by atoms with Crippen molar-refractivity contribution in [3.63, 3.8) is 0 Å². The summed E-state index contributed by atoms with van der Waals surface area (Å²) in [4.78, 5) is 4.35. The summed E-state index contributed by atoms with van der Waals surface area (Å²) in [5, 5.41) is 7.81. The van der Waals surface area contributed by atoms with Gasteiger partial charge in [0.1, 0.15) is 24.5 Å². The summed E-state index contributed by atoms with van der Waals surface area (Å²) in [6.45, 7) is 0.535. The maximum absolute atomic E-state index is 13.3. The number of fused-ring (bicyclic) bond motifs is 1. The molecule has 5 rings (SSSR count). The van der Waals surface area contributed by atoms with E-state index in [2.05, 4.69) is 27.5 Å². The molecule has 1 aliphatic heterocycles. The molecule has 0 radical (unpaired) electrons. The van der Waals surface area contributed by atoms with E-state index in [1.165, 1.54) is 12.1 Å². The van der Waals surface area contributed by atoms with Crippen molar-refractivity contribution in [3.05, 3.63) is 108 Å². The Morgan fingerprint density at radius 2 is 1.67 bits per heavy atom. The molecule has 2 atom stereocenters. The predicted molar refractivity (Wildman–Crippen MR) is 113 cm³/mol. The van der Waals surface area contributed by atoms with E-state index in [9.17, 15) is 4.39 Å². The van der Waals surface area contributed by atoms with Crippen LogP contribution in [0, 0.1) is 5.82 Å². The third-order valence-corrected chi connectivity index (χ3v) is 5.42. The Morgan fingerprint density at radius 1 is 0.933 bits per heavy atom. The zero-order valence-corrected chi connectivity index (χ0v) is 16.3. The van der Waals surface area contributed by atoms with Gasteiger partial charge in [-0.15, -0.1) is 0 Å². The fourth-order valence-corrected chi connectivity index (χ4v) is 3.84. The number of halogens is 1. The summed E-state index contributed by atoms with van der Waals surface area (Å²) >= 11 is 0. The zero-order valence-electron chi connectivity index (χ0n) is 16.3. The molecule has 0 bridgehead atoms. The second kappa shape index (κ2) is 7.99. The molecule has 150 valence electrons. The van der Waals surface area contributed by atoms with Crippen molar-refractivity contribution < 1.29 is 9.13 Å². The second-order valence-corrected chi connectivity index (χ2v) is 7.37. The molecule has 3 aromatic carbocycles. The van der Waals surface area contributed by atoms with Crippen LogP contribution in [-0.4, -0.2) is 14.8 Å². The number of aromatic nitrogens is 3. The number of nitrogens with one attached hydrogen (secondary N) is 1. The van der Waals surface area contributed by atoms with Crippen LogP contribution in [0.1, 0.15) is 35.2 Å². The highest BCUT2D eigenvalue weighted by Gasteiger charge is 2.29. The van der Waals surface area contributed by atoms with Crippen LogP contribution < -0.4 is 10.1 Å². The molecule has 1 aliphatic rings. The lowest BCUT2D eigenvalue weighted by Crippen LogP contribution is -2.28. The van der Waals surface area contributed by atoms with E-state index in [1.807, 2.05) is 59.3 Å². The quantitative estimate of drug-likeness (QED) is 0.504. The molecule has 0 amide bonds. The van der Waals surface area contributed by atoms with Gasteiger partial charge in [0.05, 0.1) is 12.1 Å². The number of hydrogen-bond acceptors (Lipinski definition) is 4. The molecular weight excluding hydrogens is 379 g/mol. The van der Waals surface area contributed by atoms with E-state index in [0.717, 1.165) is 28.9 Å². The molecule has 0 fully saturated rings. The van der Waals surface area contributed by atoms with Crippen LogP contribution in [0.2, 0.25) is 0 Å². The lowest BCUT2D eigenvalue weighted by Gasteiger charge is -2.31. The molecule has 2 heterocycles. The Kier molecular flexibility index (Phi) is 4.89. The molecule has 1 aromatic heterocycles. The van der Waals surface area contributed by atoms with Gasteiger partial charge in [-0.05, 0) is 47.4 Å². The van der Waals surface area contributed by atoms with Crippen LogP contribution in [0.4, 0.5) is 10.3 Å². The first-order chi connectivity index (χ1) is 14.8. The summed E-state index contributed by atoms with van der Waals surface area (Å²) in [5.41, 5.74) is 3.29. The largest absolute Gasteiger partial charge is 0.489 e. The fourth-order valence-electron chi connectivity index (χ4n) is 3.84. The minimum absolute atomic E-state index is 0.0290. The molecule has 0 saturated heterocycles. The molecule has 5 nitrogen and oxygen atoms in total. The van der Waals surface area contributed by atoms with Crippen LogP contribution in [0.5, 0.6) is 5.75 Å². The van der Waals surface area contributed by atoms with E-state index in [4.69, 9.17) is 4.74 Å². The third kappa shape index (κ3) is 3.76. The van der Waals surface area contributed by atoms with Gasteiger partial charge in [-0.25, -0.2) is 9.07 Å². The lowest BCUT2D eigenvalue weighted by molar-refractivity contribution is 0.306. The molecule has 4 aromatic rings. The highest BCUT2D eigenvalue weighted by Crippen LogP contribution is 2.37. The number of anilines is 1. The van der Waals surface area contributed by atoms with Crippen molar-refractivity contribution >= 4 is 5.95 Å². The van der Waals surface area contributed by atoms with Gasteiger partial charge in [0.25, 0.3) is 0 Å². The summed E-state index contributed by atoms with van der Waals surface area (Å²) in [6, 6.07) is 24.9. The first kappa shape index (κ1) is 18.4. The van der Waals surface area contributed by atoms with Crippen molar-refractivity contribution in [2.45, 2.75) is 25.1 Å². The predicted octanol–water partition coefficient (Wildman–Crippen LogP) is 5.14. The molecule has 0 saturated carbocycles. The van der Waals surface area contributed by atoms with Gasteiger partial charge < -0.3 is 10.1 Å². The summed E-state index contributed by atoms with van der Waals surface area (Å²) in [6.07, 6.45) is 2.34. The van der Waals surface area contributed by atoms with Crippen LogP contribution in [-0.2, 0) is 6.61 Å². The van der Waals surface area contributed by atoms with Gasteiger partial charge in [0.15, 0.2) is 0 Å². The molecule has 6 heteroatoms. The zero-order chi connectivity index (χ0) is 20.3. The minimum Gasteiger partial charge on any atom is -0.489 e. The van der Waals surface area contributed by atoms with E-state index >= 15 is 0 Å². The van der Waals surface area contributed by atoms with Gasteiger partial charge in [-0.3, -0.25) is 0 Å². The summed E-state index contributed by atoms with van der Waals surface area (Å²) in [5.74, 6) is 1.30. The average molecular weight is 400 g/mol. The minimum atomic E-state index is -0.236. The summed E-state index contributed by atoms with van der Waals surface area (Å²) in [7, 11) is 0. The molecule has 1 N–H and O–H groups in total. The van der Waals surface area contributed by atoms with Crippen LogP contribution in [0.3, 0.4) is 0 Å². The Morgan fingerprint density at radius 3 is 2.43 bits per heavy atom. The number of hydrogen-bond donors (Lipinski definition) is 1. The standard InChI is InChI=1S/C24H21FN4O/c25-20-10-6-18(7-11-20)22-14-23(29-24(28-22)26-16-27-29)19-8-12-21(13-9-19)30-15-17-4-2-1-3-5-17/h1-13,16,22-23H,14-15H2,(H,26,27,28). The molecule has 30 heavy (non-hydrogen) atoms. The lowest BCUT2D eigenvalue weighted by atomic mass is 9.93. The molecule has 0 aliphatic carbocycles. The van der Waals surface area contributed by atoms with Crippen molar-refractivity contribution in [1.82, 2.24) is 14.8 Å². The highest BCUT2D eigenvalue weighted by atomic mass is 19.1. The SMILES string of the molecule is Fc1ccc(C2CC(c3ccc(OCc4ccccc4)cc3)n3ncnc3N2)cc1. The molecular formula is C24H21FN4O. The highest BCUT2D eigenvalue weighted by molar-refractivity contribution is 5.39. The Labute approximate surface area is 174 Å². The number of ether oxygens (including phenoxy) is 1. The average Bonchev–Trinajstić information content (AvgIpc) is 3.27. The normalized spacial score (nSPS) is 17.8. The molecule has 2 unspecified atom stereocenters. The monoisotopic (exact) mass is 400 g/mol. The van der Waals surface area contributed by atoms with E-state index in [0.29, 0.717) is 12.6 Å². The van der Waals surface area contributed by atoms with Gasteiger partial charge in [-0.1, -0.05) is 54.6 Å². The second-order valence-electron chi connectivity index (χ2n) is 7.37. The van der Waals surface area contributed by atoms with Crippen molar-refractivity contribution in [3.8, 4) is 5.75 Å². The first-order valence-electron chi connectivity index (χ1n) is 9.94. The Balaban J connectivity index is 1.35. The van der Waals surface area contributed by atoms with Gasteiger partial charge in [0, 0.05) is 0 Å². The van der Waals surface area contributed by atoms with Crippen molar-refractivity contribution in [1.29, 1.82) is 0 Å². The smallest absolute Gasteiger partial charge is 0.222 e. The van der Waals surface area contributed by atoms with Crippen LogP contribution in [0.15, 0.2) is 85.2 Å². The first-order valence-corrected chi connectivity index (χ1v) is 9.94. The van der Waals surface area contributed by atoms with Crippen LogP contribution in [0.25, 0.3) is 0 Å². The maximum atomic E-state index is 13.3. The van der Waals surface area contributed by atoms with E-state index < -0.39 is 0 Å². The van der Waals surface area contributed by atoms with Gasteiger partial charge in [0.2, 0.25) is 5.95 Å². The van der Waals surface area contributed by atoms with E-state index in [-0.39, 0.29) is 17.9 Å². The number of rotatable bonds is 5. The number of benzene rings is 3.